The summed E-state index contributed by atoms with van der Waals surface area (Å²) >= 11 is 0. The maximum absolute atomic E-state index is 13.9. The van der Waals surface area contributed by atoms with Gasteiger partial charge in [-0.15, -0.1) is 0 Å². The molecule has 1 radical (unpaired) electrons. The first-order valence-corrected chi connectivity index (χ1v) is 18.0. The average molecular weight is 973 g/mol. The van der Waals surface area contributed by atoms with Crippen LogP contribution < -0.4 is 5.32 Å². The fraction of sp³-hybridized carbons (Fsp3) is 0.667. The maximum atomic E-state index is 13.9. The van der Waals surface area contributed by atoms with Gasteiger partial charge in [-0.05, 0) is 64.8 Å². The van der Waals surface area contributed by atoms with Crippen molar-refractivity contribution in [2.75, 3.05) is 6.61 Å². The number of alkyl carbamates (subject to hydrolysis) is 1. The van der Waals surface area contributed by atoms with E-state index in [9.17, 15) is 45.0 Å². The molecule has 54 heavy (non-hydrogen) atoms. The number of ether oxygens (including phenoxy) is 4. The number of amides is 1. The summed E-state index contributed by atoms with van der Waals surface area (Å²) in [5.74, 6) is -3.47. The molecular weight excluding hydrogens is 917 g/mol. The first kappa shape index (κ1) is 44.8. The third kappa shape index (κ3) is 7.71. The molecule has 3 aliphatic carbocycles. The number of carbonyl (C=O) groups is 3. The van der Waals surface area contributed by atoms with Gasteiger partial charge in [-0.1, -0.05) is 50.6 Å². The smallest absolute Gasteiger partial charge is 0.408 e. The summed E-state index contributed by atoms with van der Waals surface area (Å²) in [5, 5.41) is 75.1. The molecule has 1 amide bonds. The number of esters is 2. The quantitative estimate of drug-likeness (QED) is 0.118. The molecule has 14 nitrogen and oxygen atoms in total. The molecule has 2 bridgehead atoms. The topological polar surface area (TPSA) is 222 Å². The molecule has 2 saturated carbocycles. The van der Waals surface area contributed by atoms with Gasteiger partial charge in [0.15, 0.2) is 6.10 Å². The predicted molar refractivity (Wildman–Crippen MR) is 189 cm³/mol. The standard InChI is InChI=1S/C39H55NO13.Ac/c1-19(2)15-22(40-34(47)53-35(4,5)6)27(42)33(46)51-23-17-39(49)31(52-32(45)21-13-11-10-12-14-21)29-37(9,24(41)16-25-38(29,48)18-50-25)30(44)28(43)26(20(23)3)36(39,7)8;/h10-15,22-25,27-31,41-44,48-49H,16-18H2,1-9H3,(H,40,47);/t22-,23-,24-,25+,27+,28+,29-,30+,31-,37+,38-,39+;/m0./s1. The summed E-state index contributed by atoms with van der Waals surface area (Å²) in [7, 11) is 0. The van der Waals surface area contributed by atoms with E-state index in [1.165, 1.54) is 25.1 Å². The van der Waals surface area contributed by atoms with E-state index in [0.717, 1.165) is 0 Å². The van der Waals surface area contributed by atoms with Crippen LogP contribution in [0.5, 0.6) is 0 Å². The molecular formula is C39H55AcNO13. The molecule has 4 aliphatic rings. The summed E-state index contributed by atoms with van der Waals surface area (Å²) in [6.45, 7) is 14.3. The number of hydrogen-bond acceptors (Lipinski definition) is 13. The van der Waals surface area contributed by atoms with Crippen molar-refractivity contribution >= 4 is 18.0 Å². The van der Waals surface area contributed by atoms with Crippen LogP contribution in [0, 0.1) is 60.8 Å². The SMILES string of the molecule is CC(C)=C[C@H](NC(=O)OC(C)(C)C)[C@@H](O)C(=O)O[C@H]1C[C@@]2(O)[C@@H](OC(=O)c3ccccc3)[C@@H]3[C@]4(O)CO[C@@H]4C[C@H](O)[C@@]3(C)[C@H](O)[C@H](O)C(=C1C)C2(C)C.[Ac]. The minimum absolute atomic E-state index is 0. The van der Waals surface area contributed by atoms with E-state index in [4.69, 9.17) is 18.9 Å². The van der Waals surface area contributed by atoms with Crippen LogP contribution in [0.15, 0.2) is 53.1 Å². The number of rotatable bonds is 7. The number of aliphatic hydroxyl groups is 6. The third-order valence-electron chi connectivity index (χ3n) is 11.9. The average Bonchev–Trinajstić information content (AvgIpc) is 3.05. The Morgan fingerprint density at radius 3 is 2.17 bits per heavy atom. The minimum Gasteiger partial charge on any atom is -0.456 e. The fourth-order valence-corrected chi connectivity index (χ4v) is 8.97. The van der Waals surface area contributed by atoms with E-state index in [1.54, 1.807) is 73.6 Å². The van der Waals surface area contributed by atoms with E-state index in [-0.39, 0.29) is 73.8 Å². The molecule has 0 unspecified atom stereocenters. The van der Waals surface area contributed by atoms with Crippen LogP contribution in [0.3, 0.4) is 0 Å². The molecule has 0 aromatic heterocycles. The molecule has 12 atom stereocenters. The molecule has 297 valence electrons. The minimum atomic E-state index is -2.25. The van der Waals surface area contributed by atoms with E-state index in [2.05, 4.69) is 5.32 Å². The largest absolute Gasteiger partial charge is 0.456 e. The number of nitrogens with one attached hydrogen (secondary N) is 1. The monoisotopic (exact) mass is 972 g/mol. The van der Waals surface area contributed by atoms with Crippen LogP contribution in [-0.2, 0) is 23.7 Å². The number of benzene rings is 1. The molecule has 1 heterocycles. The Hall–Kier alpha value is -1.93. The van der Waals surface area contributed by atoms with Crippen molar-refractivity contribution in [2.45, 2.75) is 141 Å². The van der Waals surface area contributed by atoms with Crippen LogP contribution in [0.1, 0.15) is 85.5 Å². The molecule has 5 rings (SSSR count). The van der Waals surface area contributed by atoms with Crippen molar-refractivity contribution < 1.29 is 108 Å². The van der Waals surface area contributed by atoms with Gasteiger partial charge in [0, 0.05) is 73.7 Å². The fourth-order valence-electron chi connectivity index (χ4n) is 8.97. The number of carbonyl (C=O) groups excluding carboxylic acids is 3. The van der Waals surface area contributed by atoms with Crippen LogP contribution in [0.25, 0.3) is 0 Å². The van der Waals surface area contributed by atoms with Crippen LogP contribution >= 0.6 is 0 Å². The van der Waals surface area contributed by atoms with Gasteiger partial charge in [0.1, 0.15) is 35.1 Å². The second-order valence-electron chi connectivity index (χ2n) is 17.1. The van der Waals surface area contributed by atoms with Crippen molar-refractivity contribution in [2.24, 2.45) is 16.7 Å². The second kappa shape index (κ2) is 15.8. The molecule has 1 aliphatic heterocycles. The van der Waals surface area contributed by atoms with E-state index < -0.39 is 107 Å². The van der Waals surface area contributed by atoms with Gasteiger partial charge >= 0.3 is 18.0 Å². The Kier molecular flexibility index (Phi) is 13.1. The van der Waals surface area contributed by atoms with Gasteiger partial charge in [0.25, 0.3) is 0 Å². The van der Waals surface area contributed by atoms with Crippen LogP contribution in [0.2, 0.25) is 0 Å². The van der Waals surface area contributed by atoms with Gasteiger partial charge < -0.3 is 54.9 Å². The van der Waals surface area contributed by atoms with Crippen molar-refractivity contribution in [3.63, 3.8) is 0 Å². The number of fused-ring (bicyclic) bond motifs is 5. The van der Waals surface area contributed by atoms with Crippen molar-refractivity contribution in [1.29, 1.82) is 0 Å². The third-order valence-corrected chi connectivity index (χ3v) is 11.9. The van der Waals surface area contributed by atoms with Crippen LogP contribution in [0.4, 0.5) is 4.79 Å². The van der Waals surface area contributed by atoms with E-state index >= 15 is 0 Å². The van der Waals surface area contributed by atoms with Crippen molar-refractivity contribution in [1.82, 2.24) is 5.32 Å². The Bertz CT molecular complexity index is 1650. The zero-order valence-corrected chi connectivity index (χ0v) is 37.1. The molecule has 7 N–H and O–H groups in total. The maximum Gasteiger partial charge on any atom is 0.408 e. The van der Waals surface area contributed by atoms with E-state index in [0.29, 0.717) is 5.57 Å². The Balaban J connectivity index is 0.00000650. The van der Waals surface area contributed by atoms with Gasteiger partial charge in [-0.25, -0.2) is 14.4 Å². The van der Waals surface area contributed by atoms with Gasteiger partial charge in [-0.3, -0.25) is 0 Å². The first-order chi connectivity index (χ1) is 24.4. The van der Waals surface area contributed by atoms with Gasteiger partial charge in [-0.2, -0.15) is 0 Å². The Labute approximate surface area is 351 Å². The van der Waals surface area contributed by atoms with Crippen molar-refractivity contribution in [3.8, 4) is 0 Å². The molecule has 1 saturated heterocycles. The molecule has 1 aromatic rings. The summed E-state index contributed by atoms with van der Waals surface area (Å²) in [6.07, 6.45) is -10.9. The number of allylic oxidation sites excluding steroid dienone is 1. The number of aliphatic hydroxyl groups excluding tert-OH is 4. The molecule has 1 aromatic carbocycles. The zero-order chi connectivity index (χ0) is 39.6. The Morgan fingerprint density at radius 2 is 1.63 bits per heavy atom. The zero-order valence-electron chi connectivity index (χ0n) is 32.4. The second-order valence-corrected chi connectivity index (χ2v) is 17.1. The summed E-state index contributed by atoms with van der Waals surface area (Å²) in [4.78, 5) is 40.3. The summed E-state index contributed by atoms with van der Waals surface area (Å²) in [6, 6.07) is 6.68. The summed E-state index contributed by atoms with van der Waals surface area (Å²) in [5.41, 5.74) is -7.16. The van der Waals surface area contributed by atoms with E-state index in [1.807, 2.05) is 0 Å². The Morgan fingerprint density at radius 1 is 1.02 bits per heavy atom. The molecule has 3 fully saturated rings. The molecule has 15 heteroatoms. The van der Waals surface area contributed by atoms with Crippen LogP contribution in [-0.4, -0.2) is 121 Å². The normalized spacial score (nSPS) is 36.5. The van der Waals surface area contributed by atoms with Gasteiger partial charge in [0.05, 0.1) is 36.5 Å². The molecule has 0 spiro atoms. The first-order valence-electron chi connectivity index (χ1n) is 18.0. The summed E-state index contributed by atoms with van der Waals surface area (Å²) < 4.78 is 23.1. The van der Waals surface area contributed by atoms with Crippen molar-refractivity contribution in [3.05, 3.63) is 58.7 Å². The van der Waals surface area contributed by atoms with Gasteiger partial charge in [0.2, 0.25) is 0 Å². The predicted octanol–water partition coefficient (Wildman–Crippen LogP) is 2.07. The number of hydrogen-bond donors (Lipinski definition) is 7.